The predicted molar refractivity (Wildman–Crippen MR) is 113 cm³/mol. The summed E-state index contributed by atoms with van der Waals surface area (Å²) >= 11 is 0. The molecule has 6 nitrogen and oxygen atoms in total. The minimum absolute atomic E-state index is 0.0529. The molecule has 1 saturated heterocycles. The molecule has 2 amide bonds. The van der Waals surface area contributed by atoms with E-state index in [9.17, 15) is 9.59 Å². The van der Waals surface area contributed by atoms with Crippen molar-refractivity contribution < 1.29 is 14.3 Å². The van der Waals surface area contributed by atoms with Gasteiger partial charge in [0.1, 0.15) is 5.75 Å². The highest BCUT2D eigenvalue weighted by Gasteiger charge is 2.28. The summed E-state index contributed by atoms with van der Waals surface area (Å²) in [6.45, 7) is 1.15. The molecule has 4 rings (SSSR count). The fourth-order valence-electron chi connectivity index (χ4n) is 3.92. The molecule has 0 aliphatic carbocycles. The van der Waals surface area contributed by atoms with Crippen LogP contribution in [0.2, 0.25) is 0 Å². The third kappa shape index (κ3) is 4.26. The number of carbonyl (C=O) groups excluding carboxylic acids is 2. The van der Waals surface area contributed by atoms with Gasteiger partial charge >= 0.3 is 0 Å². The molecule has 1 atom stereocenters. The molecule has 1 aliphatic rings. The largest absolute Gasteiger partial charge is 0.497 e. The van der Waals surface area contributed by atoms with E-state index in [4.69, 9.17) is 4.74 Å². The molecule has 6 heteroatoms. The van der Waals surface area contributed by atoms with Crippen LogP contribution in [-0.4, -0.2) is 41.9 Å². The minimum Gasteiger partial charge on any atom is -0.497 e. The first-order chi connectivity index (χ1) is 14.1. The van der Waals surface area contributed by atoms with E-state index in [1.807, 2.05) is 53.6 Å². The number of ether oxygens (including phenoxy) is 1. The number of rotatable bonds is 5. The summed E-state index contributed by atoms with van der Waals surface area (Å²) in [5.74, 6) is 0.500. The lowest BCUT2D eigenvalue weighted by Crippen LogP contribution is -2.44. The van der Waals surface area contributed by atoms with Gasteiger partial charge in [-0.25, -0.2) is 0 Å². The van der Waals surface area contributed by atoms with E-state index < -0.39 is 0 Å². The molecule has 0 bridgehead atoms. The molecule has 2 aromatic carbocycles. The highest BCUT2D eigenvalue weighted by molar-refractivity contribution is 5.94. The van der Waals surface area contributed by atoms with Gasteiger partial charge in [-0.3, -0.25) is 9.59 Å². The van der Waals surface area contributed by atoms with Gasteiger partial charge in [-0.2, -0.15) is 0 Å². The molecule has 0 saturated carbocycles. The zero-order valence-corrected chi connectivity index (χ0v) is 16.5. The number of amides is 2. The summed E-state index contributed by atoms with van der Waals surface area (Å²) in [5, 5.41) is 4.03. The van der Waals surface area contributed by atoms with E-state index in [2.05, 4.69) is 10.3 Å². The molecule has 0 radical (unpaired) electrons. The molecular formula is C23H25N3O3. The van der Waals surface area contributed by atoms with E-state index >= 15 is 0 Å². The standard InChI is InChI=1S/C23H25N3O3/c1-29-19-8-4-7-18(13-19)25-23(28)16-6-5-11-26(15-16)22(27)12-17-14-24-21-10-3-2-9-20(17)21/h2-4,7-10,13-14,16,24H,5-6,11-12,15H2,1H3,(H,25,28)/t16-/m1/s1. The Hall–Kier alpha value is -3.28. The van der Waals surface area contributed by atoms with E-state index in [1.54, 1.807) is 13.2 Å². The van der Waals surface area contributed by atoms with Crippen molar-refractivity contribution >= 4 is 28.4 Å². The lowest BCUT2D eigenvalue weighted by Gasteiger charge is -2.32. The second kappa shape index (κ2) is 8.39. The number of hydrogen-bond acceptors (Lipinski definition) is 3. The Morgan fingerprint density at radius 1 is 1.21 bits per heavy atom. The van der Waals surface area contributed by atoms with Gasteiger partial charge in [-0.15, -0.1) is 0 Å². The van der Waals surface area contributed by atoms with Crippen LogP contribution in [0.3, 0.4) is 0 Å². The van der Waals surface area contributed by atoms with Crippen LogP contribution in [-0.2, 0) is 16.0 Å². The van der Waals surface area contributed by atoms with Gasteiger partial charge in [0, 0.05) is 41.9 Å². The Morgan fingerprint density at radius 3 is 2.93 bits per heavy atom. The van der Waals surface area contributed by atoms with Crippen molar-refractivity contribution in [2.45, 2.75) is 19.3 Å². The van der Waals surface area contributed by atoms with Gasteiger partial charge in [0.2, 0.25) is 11.8 Å². The number of H-pyrrole nitrogens is 1. The number of piperidine rings is 1. The van der Waals surface area contributed by atoms with Crippen molar-refractivity contribution in [3.63, 3.8) is 0 Å². The summed E-state index contributed by atoms with van der Waals surface area (Å²) < 4.78 is 5.20. The maximum absolute atomic E-state index is 12.9. The first-order valence-electron chi connectivity index (χ1n) is 9.92. The average molecular weight is 391 g/mol. The average Bonchev–Trinajstić information content (AvgIpc) is 3.17. The van der Waals surface area contributed by atoms with Gasteiger partial charge in [0.15, 0.2) is 0 Å². The fourth-order valence-corrected chi connectivity index (χ4v) is 3.92. The van der Waals surface area contributed by atoms with Crippen molar-refractivity contribution in [2.24, 2.45) is 5.92 Å². The monoisotopic (exact) mass is 391 g/mol. The maximum Gasteiger partial charge on any atom is 0.229 e. The van der Waals surface area contributed by atoms with Gasteiger partial charge in [-0.1, -0.05) is 24.3 Å². The van der Waals surface area contributed by atoms with E-state index in [1.165, 1.54) is 0 Å². The molecule has 3 aromatic rings. The summed E-state index contributed by atoms with van der Waals surface area (Å²) in [7, 11) is 1.60. The highest BCUT2D eigenvalue weighted by Crippen LogP contribution is 2.23. The Labute approximate surface area is 169 Å². The first kappa shape index (κ1) is 19.1. The lowest BCUT2D eigenvalue weighted by molar-refractivity contribution is -0.133. The third-order valence-electron chi connectivity index (χ3n) is 5.50. The van der Waals surface area contributed by atoms with Crippen LogP contribution in [0.15, 0.2) is 54.7 Å². The molecule has 150 valence electrons. The Morgan fingerprint density at radius 2 is 2.07 bits per heavy atom. The molecule has 0 unspecified atom stereocenters. The first-order valence-corrected chi connectivity index (χ1v) is 9.92. The highest BCUT2D eigenvalue weighted by atomic mass is 16.5. The van der Waals surface area contributed by atoms with Crippen LogP contribution in [0.4, 0.5) is 5.69 Å². The van der Waals surface area contributed by atoms with Crippen LogP contribution in [0.5, 0.6) is 5.75 Å². The second-order valence-electron chi connectivity index (χ2n) is 7.44. The zero-order valence-electron chi connectivity index (χ0n) is 16.5. The van der Waals surface area contributed by atoms with Crippen LogP contribution < -0.4 is 10.1 Å². The molecule has 0 spiro atoms. The van der Waals surface area contributed by atoms with Gasteiger partial charge in [0.05, 0.1) is 19.4 Å². The summed E-state index contributed by atoms with van der Waals surface area (Å²) in [4.78, 5) is 30.7. The number of fused-ring (bicyclic) bond motifs is 1. The van der Waals surface area contributed by atoms with Crippen LogP contribution >= 0.6 is 0 Å². The topological polar surface area (TPSA) is 74.4 Å². The van der Waals surface area contributed by atoms with Crippen molar-refractivity contribution in [2.75, 3.05) is 25.5 Å². The quantitative estimate of drug-likeness (QED) is 0.698. The van der Waals surface area contributed by atoms with Crippen molar-refractivity contribution in [3.8, 4) is 5.75 Å². The molecular weight excluding hydrogens is 366 g/mol. The molecule has 2 heterocycles. The van der Waals surface area contributed by atoms with Crippen molar-refractivity contribution in [3.05, 3.63) is 60.3 Å². The number of hydrogen-bond donors (Lipinski definition) is 2. The minimum atomic E-state index is -0.207. The zero-order chi connectivity index (χ0) is 20.2. The molecule has 29 heavy (non-hydrogen) atoms. The second-order valence-corrected chi connectivity index (χ2v) is 7.44. The predicted octanol–water partition coefficient (Wildman–Crippen LogP) is 3.60. The molecule has 2 N–H and O–H groups in total. The van der Waals surface area contributed by atoms with Crippen LogP contribution in [0.1, 0.15) is 18.4 Å². The number of anilines is 1. The Bertz CT molecular complexity index is 1030. The van der Waals surface area contributed by atoms with Crippen molar-refractivity contribution in [1.29, 1.82) is 0 Å². The van der Waals surface area contributed by atoms with E-state index in [0.717, 1.165) is 29.3 Å². The van der Waals surface area contributed by atoms with Gasteiger partial charge < -0.3 is 19.9 Å². The number of benzene rings is 2. The number of likely N-dealkylation sites (tertiary alicyclic amines) is 1. The number of methoxy groups -OCH3 is 1. The third-order valence-corrected chi connectivity index (χ3v) is 5.50. The van der Waals surface area contributed by atoms with Crippen molar-refractivity contribution in [1.82, 2.24) is 9.88 Å². The van der Waals surface area contributed by atoms with E-state index in [-0.39, 0.29) is 17.7 Å². The number of nitrogens with one attached hydrogen (secondary N) is 2. The Balaban J connectivity index is 1.39. The number of aromatic nitrogens is 1. The summed E-state index contributed by atoms with van der Waals surface area (Å²) in [5.41, 5.74) is 2.73. The molecule has 1 aliphatic heterocycles. The van der Waals surface area contributed by atoms with Gasteiger partial charge in [0.25, 0.3) is 0 Å². The molecule has 1 aromatic heterocycles. The normalized spacial score (nSPS) is 16.6. The number of aromatic amines is 1. The maximum atomic E-state index is 12.9. The Kier molecular flexibility index (Phi) is 5.51. The summed E-state index contributed by atoms with van der Waals surface area (Å²) in [6.07, 6.45) is 3.86. The number of para-hydroxylation sites is 1. The molecule has 1 fully saturated rings. The number of nitrogens with zero attached hydrogens (tertiary/aromatic N) is 1. The van der Waals surface area contributed by atoms with E-state index in [0.29, 0.717) is 30.9 Å². The smallest absolute Gasteiger partial charge is 0.229 e. The van der Waals surface area contributed by atoms with Crippen LogP contribution in [0, 0.1) is 5.92 Å². The van der Waals surface area contributed by atoms with Crippen LogP contribution in [0.25, 0.3) is 10.9 Å². The summed E-state index contributed by atoms with van der Waals surface area (Å²) in [6, 6.07) is 15.3. The fraction of sp³-hybridized carbons (Fsp3) is 0.304. The SMILES string of the molecule is COc1cccc(NC(=O)[C@@H]2CCCN(C(=O)Cc3c[nH]c4ccccc34)C2)c1. The lowest BCUT2D eigenvalue weighted by atomic mass is 9.96. The number of carbonyl (C=O) groups is 2. The van der Waals surface area contributed by atoms with Gasteiger partial charge in [-0.05, 0) is 36.6 Å².